The van der Waals surface area contributed by atoms with Crippen molar-refractivity contribution in [3.8, 4) is 5.75 Å². The van der Waals surface area contributed by atoms with Gasteiger partial charge in [0, 0.05) is 5.56 Å². The summed E-state index contributed by atoms with van der Waals surface area (Å²) in [6.45, 7) is 0.558. The van der Waals surface area contributed by atoms with E-state index in [1.165, 1.54) is 18.9 Å². The van der Waals surface area contributed by atoms with Crippen molar-refractivity contribution in [3.63, 3.8) is 0 Å². The molecule has 0 unspecified atom stereocenters. The first kappa shape index (κ1) is 13.3. The maximum absolute atomic E-state index is 14.0. The SMILES string of the molecule is N=C(N)c1ccc(OCC2CCCC2)c(F)c1Br. The minimum absolute atomic E-state index is 0.164. The molecule has 18 heavy (non-hydrogen) atoms. The number of ether oxygens (including phenoxy) is 1. The van der Waals surface area contributed by atoms with E-state index in [4.69, 9.17) is 15.9 Å². The second-order valence-electron chi connectivity index (χ2n) is 4.61. The lowest BCUT2D eigenvalue weighted by molar-refractivity contribution is 0.241. The van der Waals surface area contributed by atoms with E-state index in [2.05, 4.69) is 15.9 Å². The average Bonchev–Trinajstić information content (AvgIpc) is 2.83. The van der Waals surface area contributed by atoms with Gasteiger partial charge in [0.05, 0.1) is 11.1 Å². The van der Waals surface area contributed by atoms with Crippen LogP contribution in [0.4, 0.5) is 4.39 Å². The molecule has 2 rings (SSSR count). The Morgan fingerprint density at radius 1 is 1.44 bits per heavy atom. The van der Waals surface area contributed by atoms with Gasteiger partial charge in [0.2, 0.25) is 0 Å². The molecule has 0 aromatic heterocycles. The topological polar surface area (TPSA) is 59.1 Å². The Morgan fingerprint density at radius 2 is 2.11 bits per heavy atom. The van der Waals surface area contributed by atoms with Gasteiger partial charge in [0.15, 0.2) is 11.6 Å². The molecule has 1 aromatic carbocycles. The molecule has 3 N–H and O–H groups in total. The van der Waals surface area contributed by atoms with Crippen LogP contribution < -0.4 is 10.5 Å². The fourth-order valence-corrected chi connectivity index (χ4v) is 2.78. The number of nitrogen functional groups attached to an aromatic ring is 1. The molecule has 0 spiro atoms. The molecule has 5 heteroatoms. The number of halogens is 2. The van der Waals surface area contributed by atoms with Crippen molar-refractivity contribution in [2.45, 2.75) is 25.7 Å². The molecule has 1 fully saturated rings. The molecule has 0 saturated heterocycles. The Labute approximate surface area is 114 Å². The van der Waals surface area contributed by atoms with E-state index in [9.17, 15) is 4.39 Å². The van der Waals surface area contributed by atoms with Crippen LogP contribution in [0.15, 0.2) is 16.6 Å². The van der Waals surface area contributed by atoms with Crippen LogP contribution in [0.3, 0.4) is 0 Å². The zero-order chi connectivity index (χ0) is 13.1. The number of nitrogens with one attached hydrogen (secondary N) is 1. The van der Waals surface area contributed by atoms with Crippen LogP contribution >= 0.6 is 15.9 Å². The molecule has 3 nitrogen and oxygen atoms in total. The van der Waals surface area contributed by atoms with Gasteiger partial charge in [-0.25, -0.2) is 4.39 Å². The predicted octanol–water partition coefficient (Wildman–Crippen LogP) is 3.44. The lowest BCUT2D eigenvalue weighted by Gasteiger charge is -2.13. The van der Waals surface area contributed by atoms with Gasteiger partial charge in [0.25, 0.3) is 0 Å². The molecular formula is C13H16BrFN2O. The third-order valence-electron chi connectivity index (χ3n) is 3.29. The molecule has 1 aliphatic rings. The Kier molecular flexibility index (Phi) is 4.22. The van der Waals surface area contributed by atoms with E-state index in [0.29, 0.717) is 18.1 Å². The molecule has 0 atom stereocenters. The maximum atomic E-state index is 14.0. The highest BCUT2D eigenvalue weighted by molar-refractivity contribution is 9.10. The van der Waals surface area contributed by atoms with E-state index < -0.39 is 5.82 Å². The predicted molar refractivity (Wildman–Crippen MR) is 72.6 cm³/mol. The number of benzene rings is 1. The maximum Gasteiger partial charge on any atom is 0.179 e. The Hall–Kier alpha value is -1.10. The van der Waals surface area contributed by atoms with Crippen molar-refractivity contribution < 1.29 is 9.13 Å². The van der Waals surface area contributed by atoms with Crippen molar-refractivity contribution in [3.05, 3.63) is 28.0 Å². The van der Waals surface area contributed by atoms with Gasteiger partial charge in [-0.15, -0.1) is 0 Å². The van der Waals surface area contributed by atoms with E-state index in [-0.39, 0.29) is 16.1 Å². The summed E-state index contributed by atoms with van der Waals surface area (Å²) in [6, 6.07) is 3.13. The number of hydrogen-bond acceptors (Lipinski definition) is 2. The van der Waals surface area contributed by atoms with Crippen LogP contribution in [-0.4, -0.2) is 12.4 Å². The fraction of sp³-hybridized carbons (Fsp3) is 0.462. The highest BCUT2D eigenvalue weighted by Gasteiger charge is 2.18. The minimum atomic E-state index is -0.485. The van der Waals surface area contributed by atoms with Crippen molar-refractivity contribution >= 4 is 21.8 Å². The van der Waals surface area contributed by atoms with Crippen molar-refractivity contribution in [2.24, 2.45) is 11.7 Å². The lowest BCUT2D eigenvalue weighted by atomic mass is 10.1. The van der Waals surface area contributed by atoms with Crippen molar-refractivity contribution in [1.82, 2.24) is 0 Å². The Bertz CT molecular complexity index is 459. The van der Waals surface area contributed by atoms with E-state index in [1.807, 2.05) is 0 Å². The molecule has 1 aliphatic carbocycles. The van der Waals surface area contributed by atoms with Gasteiger partial charge in [-0.1, -0.05) is 12.8 Å². The molecule has 1 saturated carbocycles. The summed E-state index contributed by atoms with van der Waals surface area (Å²) < 4.78 is 19.7. The lowest BCUT2D eigenvalue weighted by Crippen LogP contribution is -2.14. The summed E-state index contributed by atoms with van der Waals surface area (Å²) in [5, 5.41) is 7.32. The first-order valence-corrected chi connectivity index (χ1v) is 6.84. The molecule has 1 aromatic rings. The summed E-state index contributed by atoms with van der Waals surface area (Å²) in [6.07, 6.45) is 4.80. The van der Waals surface area contributed by atoms with E-state index >= 15 is 0 Å². The summed E-state index contributed by atoms with van der Waals surface area (Å²) in [7, 11) is 0. The Balaban J connectivity index is 2.09. The molecule has 0 radical (unpaired) electrons. The minimum Gasteiger partial charge on any atom is -0.490 e. The number of rotatable bonds is 4. The van der Waals surface area contributed by atoms with Gasteiger partial charge in [0.1, 0.15) is 5.84 Å². The molecule has 98 valence electrons. The number of nitrogens with two attached hydrogens (primary N) is 1. The summed E-state index contributed by atoms with van der Waals surface area (Å²) >= 11 is 3.11. The Morgan fingerprint density at radius 3 is 2.72 bits per heavy atom. The number of amidine groups is 1. The van der Waals surface area contributed by atoms with E-state index in [1.54, 1.807) is 6.07 Å². The van der Waals surface area contributed by atoms with Gasteiger partial charge < -0.3 is 10.5 Å². The molecule has 0 heterocycles. The molecule has 0 aliphatic heterocycles. The van der Waals surface area contributed by atoms with Gasteiger partial charge in [-0.05, 0) is 46.8 Å². The van der Waals surface area contributed by atoms with Crippen LogP contribution in [0.25, 0.3) is 0 Å². The van der Waals surface area contributed by atoms with Crippen molar-refractivity contribution in [2.75, 3.05) is 6.61 Å². The highest BCUT2D eigenvalue weighted by Crippen LogP contribution is 2.30. The molecule has 0 amide bonds. The largest absolute Gasteiger partial charge is 0.490 e. The van der Waals surface area contributed by atoms with Crippen LogP contribution in [0.5, 0.6) is 5.75 Å². The van der Waals surface area contributed by atoms with Gasteiger partial charge >= 0.3 is 0 Å². The fourth-order valence-electron chi connectivity index (χ4n) is 2.24. The van der Waals surface area contributed by atoms with E-state index in [0.717, 1.165) is 12.8 Å². The first-order chi connectivity index (χ1) is 8.59. The van der Waals surface area contributed by atoms with Crippen molar-refractivity contribution in [1.29, 1.82) is 5.41 Å². The number of hydrogen-bond donors (Lipinski definition) is 2. The summed E-state index contributed by atoms with van der Waals surface area (Å²) in [5.74, 6) is 0.109. The molecular weight excluding hydrogens is 299 g/mol. The van der Waals surface area contributed by atoms with Crippen LogP contribution in [0.2, 0.25) is 0 Å². The monoisotopic (exact) mass is 314 g/mol. The van der Waals surface area contributed by atoms with Gasteiger partial charge in [-0.2, -0.15) is 0 Å². The van der Waals surface area contributed by atoms with Crippen LogP contribution in [0.1, 0.15) is 31.2 Å². The highest BCUT2D eigenvalue weighted by atomic mass is 79.9. The quantitative estimate of drug-likeness (QED) is 0.660. The normalized spacial score (nSPS) is 15.9. The second kappa shape index (κ2) is 5.69. The van der Waals surface area contributed by atoms with Crippen LogP contribution in [-0.2, 0) is 0 Å². The summed E-state index contributed by atoms with van der Waals surface area (Å²) in [5.41, 5.74) is 5.70. The third kappa shape index (κ3) is 2.83. The summed E-state index contributed by atoms with van der Waals surface area (Å²) in [4.78, 5) is 0. The standard InChI is InChI=1S/C13H16BrFN2O/c14-11-9(13(16)17)5-6-10(12(11)15)18-7-8-3-1-2-4-8/h5-6,8H,1-4,7H2,(H3,16,17). The zero-order valence-electron chi connectivity index (χ0n) is 10.0. The smallest absolute Gasteiger partial charge is 0.179 e. The molecule has 0 bridgehead atoms. The van der Waals surface area contributed by atoms with Crippen LogP contribution in [0, 0.1) is 17.1 Å². The first-order valence-electron chi connectivity index (χ1n) is 6.04. The zero-order valence-corrected chi connectivity index (χ0v) is 11.6. The third-order valence-corrected chi connectivity index (χ3v) is 4.06. The second-order valence-corrected chi connectivity index (χ2v) is 5.41. The van der Waals surface area contributed by atoms with Gasteiger partial charge in [-0.3, -0.25) is 5.41 Å². The average molecular weight is 315 g/mol.